The van der Waals surface area contributed by atoms with Crippen LogP contribution in [0.25, 0.3) is 22.4 Å². The molecule has 3 aromatic rings. The first kappa shape index (κ1) is 19.8. The molecule has 0 radical (unpaired) electrons. The molecular weight excluding hydrogens is 401 g/mol. The fourth-order valence-corrected chi connectivity index (χ4v) is 3.37. The third-order valence-electron chi connectivity index (χ3n) is 4.04. The molecule has 2 aromatic carbocycles. The van der Waals surface area contributed by atoms with Crippen molar-refractivity contribution in [2.24, 2.45) is 5.73 Å². The molecule has 3 N–H and O–H groups in total. The van der Waals surface area contributed by atoms with Crippen molar-refractivity contribution < 1.29 is 14.4 Å². The lowest BCUT2D eigenvalue weighted by atomic mass is 9.94. The number of nitrogens with zero attached hydrogens (tertiary/aromatic N) is 1. The Morgan fingerprint density at radius 2 is 1.82 bits per heavy atom. The van der Waals surface area contributed by atoms with Crippen molar-refractivity contribution in [2.75, 3.05) is 7.11 Å². The number of pyridine rings is 1. The molecule has 8 heteroatoms. The van der Waals surface area contributed by atoms with Gasteiger partial charge in [-0.3, -0.25) is 19.4 Å². The molecule has 0 aliphatic carbocycles. The van der Waals surface area contributed by atoms with Gasteiger partial charge in [-0.1, -0.05) is 35.3 Å². The predicted molar refractivity (Wildman–Crippen MR) is 108 cm³/mol. The number of aromatic nitrogens is 1. The Bertz CT molecular complexity index is 1060. The van der Waals surface area contributed by atoms with E-state index in [1.165, 1.54) is 19.2 Å². The van der Waals surface area contributed by atoms with E-state index in [0.717, 1.165) is 0 Å². The van der Waals surface area contributed by atoms with Crippen LogP contribution in [0.15, 0.2) is 54.7 Å². The van der Waals surface area contributed by atoms with E-state index in [1.807, 2.05) is 12.1 Å². The number of amides is 2. The molecule has 6 nitrogen and oxygen atoms in total. The third kappa shape index (κ3) is 3.84. The summed E-state index contributed by atoms with van der Waals surface area (Å²) in [5.41, 5.74) is 10.2. The maximum absolute atomic E-state index is 12.4. The zero-order chi connectivity index (χ0) is 20.3. The van der Waals surface area contributed by atoms with Gasteiger partial charge in [0.25, 0.3) is 5.91 Å². The fourth-order valence-electron chi connectivity index (χ4n) is 2.78. The quantitative estimate of drug-likeness (QED) is 0.612. The summed E-state index contributed by atoms with van der Waals surface area (Å²) >= 11 is 12.8. The van der Waals surface area contributed by atoms with Gasteiger partial charge >= 0.3 is 0 Å². The Kier molecular flexibility index (Phi) is 5.94. The lowest BCUT2D eigenvalue weighted by Crippen LogP contribution is -2.23. The second-order valence-electron chi connectivity index (χ2n) is 5.76. The van der Waals surface area contributed by atoms with Crippen LogP contribution in [0.2, 0.25) is 10.0 Å². The number of hydrogen-bond donors (Lipinski definition) is 2. The lowest BCUT2D eigenvalue weighted by molar-refractivity contribution is 0.0538. The van der Waals surface area contributed by atoms with E-state index < -0.39 is 11.8 Å². The molecule has 0 unspecified atom stereocenters. The van der Waals surface area contributed by atoms with E-state index in [-0.39, 0.29) is 16.1 Å². The highest BCUT2D eigenvalue weighted by molar-refractivity contribution is 6.37. The molecule has 0 aliphatic heterocycles. The van der Waals surface area contributed by atoms with Crippen molar-refractivity contribution in [3.8, 4) is 22.4 Å². The highest BCUT2D eigenvalue weighted by atomic mass is 35.5. The number of benzene rings is 2. The number of hydroxylamine groups is 1. The van der Waals surface area contributed by atoms with Crippen molar-refractivity contribution in [1.29, 1.82) is 0 Å². The van der Waals surface area contributed by atoms with Crippen molar-refractivity contribution in [3.63, 3.8) is 0 Å². The molecule has 142 valence electrons. The van der Waals surface area contributed by atoms with Crippen LogP contribution in [0, 0.1) is 0 Å². The standard InChI is InChI=1S/C20H15Cl2N3O3/c1-28-25-20(27)12-6-7-13(19(23)26)18(22)17(12)11-5-8-15(21)14(10-11)16-4-2-3-9-24-16/h2-10H,1H3,(H2,23,26)(H,25,27). The average Bonchev–Trinajstić information content (AvgIpc) is 2.69. The predicted octanol–water partition coefficient (Wildman–Crippen LogP) is 4.11. The summed E-state index contributed by atoms with van der Waals surface area (Å²) in [7, 11) is 1.32. The summed E-state index contributed by atoms with van der Waals surface area (Å²) in [5.74, 6) is -1.23. The molecule has 1 aromatic heterocycles. The lowest BCUT2D eigenvalue weighted by Gasteiger charge is -2.15. The van der Waals surface area contributed by atoms with Crippen LogP contribution < -0.4 is 11.2 Å². The molecule has 0 saturated carbocycles. The Balaban J connectivity index is 2.26. The van der Waals surface area contributed by atoms with Gasteiger partial charge in [-0.2, -0.15) is 0 Å². The zero-order valence-electron chi connectivity index (χ0n) is 14.7. The van der Waals surface area contributed by atoms with Crippen molar-refractivity contribution in [2.45, 2.75) is 0 Å². The van der Waals surface area contributed by atoms with Crippen LogP contribution in [0.4, 0.5) is 0 Å². The van der Waals surface area contributed by atoms with Gasteiger partial charge in [0.1, 0.15) is 0 Å². The van der Waals surface area contributed by atoms with Crippen LogP contribution in [0.3, 0.4) is 0 Å². The number of carbonyl (C=O) groups is 2. The number of nitrogens with one attached hydrogen (secondary N) is 1. The molecular formula is C20H15Cl2N3O3. The molecule has 0 bridgehead atoms. The molecule has 0 atom stereocenters. The fraction of sp³-hybridized carbons (Fsp3) is 0.0500. The van der Waals surface area contributed by atoms with E-state index in [0.29, 0.717) is 27.4 Å². The molecule has 0 aliphatic rings. The van der Waals surface area contributed by atoms with Gasteiger partial charge in [-0.05, 0) is 42.0 Å². The molecule has 2 amide bonds. The van der Waals surface area contributed by atoms with Crippen molar-refractivity contribution in [1.82, 2.24) is 10.5 Å². The minimum atomic E-state index is -0.705. The minimum absolute atomic E-state index is 0.0607. The average molecular weight is 416 g/mol. The van der Waals surface area contributed by atoms with E-state index >= 15 is 0 Å². The first-order chi connectivity index (χ1) is 13.4. The van der Waals surface area contributed by atoms with Crippen LogP contribution >= 0.6 is 23.2 Å². The molecule has 3 rings (SSSR count). The van der Waals surface area contributed by atoms with E-state index in [2.05, 4.69) is 10.5 Å². The number of primary amides is 1. The normalized spacial score (nSPS) is 10.5. The number of carbonyl (C=O) groups excluding carboxylic acids is 2. The van der Waals surface area contributed by atoms with Crippen LogP contribution in [-0.2, 0) is 4.84 Å². The van der Waals surface area contributed by atoms with Gasteiger partial charge in [0.2, 0.25) is 5.91 Å². The second-order valence-corrected chi connectivity index (χ2v) is 6.54. The minimum Gasteiger partial charge on any atom is -0.366 e. The van der Waals surface area contributed by atoms with Gasteiger partial charge in [-0.15, -0.1) is 0 Å². The summed E-state index contributed by atoms with van der Waals surface area (Å²) in [6.07, 6.45) is 1.65. The number of rotatable bonds is 5. The second kappa shape index (κ2) is 8.39. The summed E-state index contributed by atoms with van der Waals surface area (Å²) in [4.78, 5) is 33.2. The van der Waals surface area contributed by atoms with E-state index in [4.69, 9.17) is 33.8 Å². The first-order valence-corrected chi connectivity index (χ1v) is 8.86. The highest BCUT2D eigenvalue weighted by Crippen LogP contribution is 2.38. The smallest absolute Gasteiger partial charge is 0.275 e. The van der Waals surface area contributed by atoms with Crippen LogP contribution in [-0.4, -0.2) is 23.9 Å². The van der Waals surface area contributed by atoms with Gasteiger partial charge in [0.05, 0.1) is 29.0 Å². The Labute approximate surface area is 171 Å². The first-order valence-electron chi connectivity index (χ1n) is 8.11. The number of nitrogens with two attached hydrogens (primary N) is 1. The number of hydrogen-bond acceptors (Lipinski definition) is 4. The van der Waals surface area contributed by atoms with Gasteiger partial charge in [-0.25, -0.2) is 5.48 Å². The van der Waals surface area contributed by atoms with Crippen LogP contribution in [0.5, 0.6) is 0 Å². The van der Waals surface area contributed by atoms with Crippen molar-refractivity contribution >= 4 is 35.0 Å². The van der Waals surface area contributed by atoms with E-state index in [9.17, 15) is 9.59 Å². The zero-order valence-corrected chi connectivity index (χ0v) is 16.2. The maximum atomic E-state index is 12.4. The molecule has 0 fully saturated rings. The Hall–Kier alpha value is -2.93. The summed E-state index contributed by atoms with van der Waals surface area (Å²) < 4.78 is 0. The molecule has 0 spiro atoms. The summed E-state index contributed by atoms with van der Waals surface area (Å²) in [6.45, 7) is 0. The van der Waals surface area contributed by atoms with Gasteiger partial charge in [0, 0.05) is 22.3 Å². The topological polar surface area (TPSA) is 94.3 Å². The maximum Gasteiger partial charge on any atom is 0.275 e. The third-order valence-corrected chi connectivity index (χ3v) is 4.76. The SMILES string of the molecule is CONC(=O)c1ccc(C(N)=O)c(Cl)c1-c1ccc(Cl)c(-c2ccccn2)c1. The monoisotopic (exact) mass is 415 g/mol. The Morgan fingerprint density at radius 3 is 2.46 bits per heavy atom. The molecule has 28 heavy (non-hydrogen) atoms. The molecule has 0 saturated heterocycles. The van der Waals surface area contributed by atoms with Gasteiger partial charge < -0.3 is 5.73 Å². The van der Waals surface area contributed by atoms with Crippen molar-refractivity contribution in [3.05, 3.63) is 75.9 Å². The summed E-state index contributed by atoms with van der Waals surface area (Å²) in [5, 5.41) is 0.540. The van der Waals surface area contributed by atoms with Crippen LogP contribution in [0.1, 0.15) is 20.7 Å². The molecule has 1 heterocycles. The largest absolute Gasteiger partial charge is 0.366 e. The summed E-state index contributed by atoms with van der Waals surface area (Å²) in [6, 6.07) is 13.4. The number of halogens is 2. The van der Waals surface area contributed by atoms with E-state index in [1.54, 1.807) is 30.5 Å². The van der Waals surface area contributed by atoms with Gasteiger partial charge in [0.15, 0.2) is 0 Å². The highest BCUT2D eigenvalue weighted by Gasteiger charge is 2.21. The Morgan fingerprint density at radius 1 is 1.07 bits per heavy atom.